The molecule has 6 heteroatoms. The number of pyridine rings is 1. The van der Waals surface area contributed by atoms with Crippen LogP contribution in [0.15, 0.2) is 46.9 Å². The predicted octanol–water partition coefficient (Wildman–Crippen LogP) is 4.56. The van der Waals surface area contributed by atoms with Gasteiger partial charge in [-0.15, -0.1) is 0 Å². The molecule has 2 rings (SSSR count). The minimum Gasteiger partial charge on any atom is -0.443 e. The van der Waals surface area contributed by atoms with Gasteiger partial charge in [-0.3, -0.25) is 4.98 Å². The molecule has 1 amide bonds. The zero-order valence-electron chi connectivity index (χ0n) is 16.0. The topological polar surface area (TPSA) is 85.4 Å². The highest BCUT2D eigenvalue weighted by atomic mass is 79.9. The quantitative estimate of drug-likeness (QED) is 0.637. The lowest BCUT2D eigenvalue weighted by Gasteiger charge is -2.37. The molecule has 2 unspecified atom stereocenters. The van der Waals surface area contributed by atoms with Crippen LogP contribution in [0, 0.1) is 5.92 Å². The average Bonchev–Trinajstić information content (AvgIpc) is 2.60. The number of nitrogens with zero attached hydrogens (tertiary/aromatic N) is 1. The Balaban J connectivity index is 2.28. The molecule has 0 aliphatic rings. The van der Waals surface area contributed by atoms with Crippen molar-refractivity contribution in [3.8, 4) is 0 Å². The summed E-state index contributed by atoms with van der Waals surface area (Å²) in [6.07, 6.45) is 0.847. The molecule has 0 saturated heterocycles. The molecule has 0 aliphatic carbocycles. The fourth-order valence-corrected chi connectivity index (χ4v) is 4.04. The van der Waals surface area contributed by atoms with E-state index in [0.29, 0.717) is 5.69 Å². The second-order valence-electron chi connectivity index (χ2n) is 7.30. The maximum Gasteiger partial charge on any atom is 0.405 e. The number of halogens is 1. The van der Waals surface area contributed by atoms with Crippen molar-refractivity contribution in [2.45, 2.75) is 51.7 Å². The molecule has 2 aromatic rings. The molecule has 0 bridgehead atoms. The van der Waals surface area contributed by atoms with E-state index in [2.05, 4.69) is 40.0 Å². The third-order valence-electron chi connectivity index (χ3n) is 4.95. The van der Waals surface area contributed by atoms with Gasteiger partial charge in [-0.25, -0.2) is 4.79 Å². The van der Waals surface area contributed by atoms with Gasteiger partial charge < -0.3 is 15.6 Å². The summed E-state index contributed by atoms with van der Waals surface area (Å²) >= 11 is 3.50. The monoisotopic (exact) mass is 434 g/mol. The minimum atomic E-state index is -0.781. The number of aryl methyl sites for hydroxylation is 1. The Labute approximate surface area is 169 Å². The maximum atomic E-state index is 11.4. The normalized spacial score (nSPS) is 13.8. The number of hydrogen-bond donors (Lipinski definition) is 2. The van der Waals surface area contributed by atoms with Crippen molar-refractivity contribution < 1.29 is 14.6 Å². The number of aromatic nitrogens is 1. The van der Waals surface area contributed by atoms with E-state index in [4.69, 9.17) is 10.5 Å². The molecule has 1 heterocycles. The first-order valence-electron chi connectivity index (χ1n) is 9.02. The van der Waals surface area contributed by atoms with Gasteiger partial charge in [0.05, 0.1) is 12.3 Å². The largest absolute Gasteiger partial charge is 0.443 e. The van der Waals surface area contributed by atoms with Gasteiger partial charge in [-0.05, 0) is 56.5 Å². The Morgan fingerprint density at radius 2 is 2.00 bits per heavy atom. The molecule has 0 radical (unpaired) electrons. The third kappa shape index (κ3) is 6.04. The van der Waals surface area contributed by atoms with Crippen molar-refractivity contribution in [1.82, 2.24) is 4.98 Å². The Kier molecular flexibility index (Phi) is 7.39. The van der Waals surface area contributed by atoms with Crippen LogP contribution in [0.1, 0.15) is 50.1 Å². The average molecular weight is 435 g/mol. The molecule has 0 saturated carbocycles. The highest BCUT2D eigenvalue weighted by Crippen LogP contribution is 2.37. The Bertz CT molecular complexity index is 780. The Morgan fingerprint density at radius 1 is 1.30 bits per heavy atom. The molecular weight excluding hydrogens is 408 g/mol. The van der Waals surface area contributed by atoms with Crippen LogP contribution in [0.4, 0.5) is 4.79 Å². The molecule has 3 N–H and O–H groups in total. The van der Waals surface area contributed by atoms with Crippen molar-refractivity contribution in [3.05, 3.63) is 63.9 Å². The molecule has 27 heavy (non-hydrogen) atoms. The van der Waals surface area contributed by atoms with Gasteiger partial charge in [0.25, 0.3) is 0 Å². The zero-order chi connectivity index (χ0) is 20.0. The van der Waals surface area contributed by atoms with E-state index >= 15 is 0 Å². The summed E-state index contributed by atoms with van der Waals surface area (Å²) in [5, 5.41) is 9.39. The van der Waals surface area contributed by atoms with E-state index in [9.17, 15) is 9.90 Å². The number of aliphatic hydroxyl groups is 1. The van der Waals surface area contributed by atoms with Crippen LogP contribution in [0.3, 0.4) is 0 Å². The molecule has 1 aromatic carbocycles. The fourth-order valence-electron chi connectivity index (χ4n) is 3.60. The third-order valence-corrected chi connectivity index (χ3v) is 5.44. The predicted molar refractivity (Wildman–Crippen MR) is 109 cm³/mol. The summed E-state index contributed by atoms with van der Waals surface area (Å²) in [6, 6.07) is 13.8. The van der Waals surface area contributed by atoms with E-state index in [0.717, 1.165) is 23.0 Å². The van der Waals surface area contributed by atoms with Crippen molar-refractivity contribution in [1.29, 1.82) is 0 Å². The summed E-state index contributed by atoms with van der Waals surface area (Å²) in [5.74, 6) is 0.00317. The van der Waals surface area contributed by atoms with Crippen molar-refractivity contribution in [2.75, 3.05) is 0 Å². The highest BCUT2D eigenvalue weighted by Gasteiger charge is 2.37. The van der Waals surface area contributed by atoms with E-state index in [1.807, 2.05) is 38.1 Å². The Morgan fingerprint density at radius 3 is 2.63 bits per heavy atom. The summed E-state index contributed by atoms with van der Waals surface area (Å²) in [7, 11) is 0. The van der Waals surface area contributed by atoms with E-state index in [1.165, 1.54) is 5.56 Å². The number of hydrogen-bond acceptors (Lipinski definition) is 4. The van der Waals surface area contributed by atoms with Crippen LogP contribution in [0.25, 0.3) is 0 Å². The molecular formula is C21H27BrN2O3. The number of rotatable bonds is 8. The number of primary amides is 1. The van der Waals surface area contributed by atoms with Crippen molar-refractivity contribution in [2.24, 2.45) is 11.7 Å². The van der Waals surface area contributed by atoms with E-state index < -0.39 is 11.7 Å². The van der Waals surface area contributed by atoms with Gasteiger partial charge in [0.15, 0.2) is 0 Å². The smallest absolute Gasteiger partial charge is 0.405 e. The molecule has 0 spiro atoms. The van der Waals surface area contributed by atoms with Gasteiger partial charge in [-0.1, -0.05) is 41.1 Å². The molecule has 5 nitrogen and oxygen atoms in total. The van der Waals surface area contributed by atoms with Crippen molar-refractivity contribution >= 4 is 22.0 Å². The number of nitrogens with two attached hydrogens (primary N) is 1. The van der Waals surface area contributed by atoms with E-state index in [-0.39, 0.29) is 18.4 Å². The Hall–Kier alpha value is -1.92. The standard InChI is InChI=1S/C21H27BrN2O3/c1-14(19-9-5-8-17(13-25)24-19)18(21(2,3)27-20(23)26)11-10-15-6-4-7-16(22)12-15/h4-9,12,14,18,25H,10-11,13H2,1-3H3,(H2,23,26). The van der Waals surface area contributed by atoms with Gasteiger partial charge in [0.1, 0.15) is 5.60 Å². The molecule has 0 aliphatic heterocycles. The lowest BCUT2D eigenvalue weighted by Crippen LogP contribution is -2.41. The van der Waals surface area contributed by atoms with Crippen LogP contribution in [-0.4, -0.2) is 21.8 Å². The summed E-state index contributed by atoms with van der Waals surface area (Å²) < 4.78 is 6.50. The fraction of sp³-hybridized carbons (Fsp3) is 0.429. The number of amides is 1. The first-order valence-corrected chi connectivity index (χ1v) is 9.82. The van der Waals surface area contributed by atoms with Crippen molar-refractivity contribution in [3.63, 3.8) is 0 Å². The molecule has 0 fully saturated rings. The van der Waals surface area contributed by atoms with Gasteiger partial charge in [0, 0.05) is 22.0 Å². The first kappa shape index (κ1) is 21.4. The molecule has 146 valence electrons. The first-order chi connectivity index (χ1) is 12.7. The summed E-state index contributed by atoms with van der Waals surface area (Å²) in [4.78, 5) is 16.0. The minimum absolute atomic E-state index is 0.00887. The van der Waals surface area contributed by atoms with Crippen LogP contribution in [0.5, 0.6) is 0 Å². The SMILES string of the molecule is CC(c1cccc(CO)n1)C(CCc1cccc(Br)c1)C(C)(C)OC(N)=O. The number of ether oxygens (including phenoxy) is 1. The zero-order valence-corrected chi connectivity index (χ0v) is 17.6. The molecule has 2 atom stereocenters. The second-order valence-corrected chi connectivity index (χ2v) is 8.22. The van der Waals surface area contributed by atoms with Gasteiger partial charge in [-0.2, -0.15) is 0 Å². The van der Waals surface area contributed by atoms with Crippen LogP contribution in [0.2, 0.25) is 0 Å². The number of carbonyl (C=O) groups excluding carboxylic acids is 1. The maximum absolute atomic E-state index is 11.4. The van der Waals surface area contributed by atoms with Gasteiger partial charge in [0.2, 0.25) is 0 Å². The highest BCUT2D eigenvalue weighted by molar-refractivity contribution is 9.10. The van der Waals surface area contributed by atoms with Crippen LogP contribution < -0.4 is 5.73 Å². The lowest BCUT2D eigenvalue weighted by atomic mass is 9.75. The second kappa shape index (κ2) is 9.33. The van der Waals surface area contributed by atoms with Crippen LogP contribution >= 0.6 is 15.9 Å². The van der Waals surface area contributed by atoms with Crippen LogP contribution in [-0.2, 0) is 17.8 Å². The number of aliphatic hydroxyl groups excluding tert-OH is 1. The van der Waals surface area contributed by atoms with Gasteiger partial charge >= 0.3 is 6.09 Å². The number of benzene rings is 1. The van der Waals surface area contributed by atoms with E-state index in [1.54, 1.807) is 6.07 Å². The summed E-state index contributed by atoms with van der Waals surface area (Å²) in [5.41, 5.74) is 7.25. The lowest BCUT2D eigenvalue weighted by molar-refractivity contribution is -0.0128. The molecule has 1 aromatic heterocycles. The summed E-state index contributed by atoms with van der Waals surface area (Å²) in [6.45, 7) is 5.73. The number of carbonyl (C=O) groups is 1.